The molecule has 0 spiro atoms. The van der Waals surface area contributed by atoms with Gasteiger partial charge >= 0.3 is 0 Å². The third kappa shape index (κ3) is 7.96. The second kappa shape index (κ2) is 7.96. The second-order valence-corrected chi connectivity index (χ2v) is 3.35. The molecule has 0 bridgehead atoms. The summed E-state index contributed by atoms with van der Waals surface area (Å²) in [5, 5.41) is 0. The zero-order valence-electron chi connectivity index (χ0n) is 6.53. The summed E-state index contributed by atoms with van der Waals surface area (Å²) < 4.78 is 0. The van der Waals surface area contributed by atoms with Crippen LogP contribution in [0.5, 0.6) is 0 Å². The van der Waals surface area contributed by atoms with Gasteiger partial charge in [-0.25, -0.2) is 0 Å². The normalized spacial score (nSPS) is 17.8. The van der Waals surface area contributed by atoms with Crippen molar-refractivity contribution in [1.29, 1.82) is 0 Å². The topological polar surface area (TPSA) is 0 Å². The molecule has 0 amide bonds. The fourth-order valence-electron chi connectivity index (χ4n) is 1.06. The second-order valence-electron chi connectivity index (χ2n) is 2.53. The maximum Gasteiger partial charge on any atom is 0.0283 e. The first-order valence-electron chi connectivity index (χ1n) is 3.99. The molecule has 0 N–H and O–H groups in total. The first-order chi connectivity index (χ1) is 4.41. The highest BCUT2D eigenvalue weighted by atomic mass is 28.1. The maximum absolute atomic E-state index is 3.42. The largest absolute Gasteiger partial charge is 0.112 e. The molecule has 0 nitrogen and oxygen atoms in total. The highest BCUT2D eigenvalue weighted by Gasteiger charge is 1.95. The van der Waals surface area contributed by atoms with Gasteiger partial charge in [-0.15, -0.1) is 12.3 Å². The van der Waals surface area contributed by atoms with Gasteiger partial charge in [0.1, 0.15) is 0 Å². The van der Waals surface area contributed by atoms with Crippen molar-refractivity contribution >= 4 is 10.2 Å². The highest BCUT2D eigenvalue weighted by molar-refractivity contribution is 6.16. The van der Waals surface area contributed by atoms with Crippen LogP contribution in [0.25, 0.3) is 0 Å². The number of rotatable bonds is 0. The monoisotopic (exact) mass is 142 g/mol. The van der Waals surface area contributed by atoms with Gasteiger partial charge in [-0.3, -0.25) is 0 Å². The van der Waals surface area contributed by atoms with Gasteiger partial charge in [0.05, 0.1) is 0 Å². The summed E-state index contributed by atoms with van der Waals surface area (Å²) in [7, 11) is 1.13. The molecule has 0 aromatic heterocycles. The van der Waals surface area contributed by atoms with E-state index >= 15 is 0 Å². The van der Waals surface area contributed by atoms with Gasteiger partial charge in [-0.05, 0) is 0 Å². The van der Waals surface area contributed by atoms with Gasteiger partial charge < -0.3 is 0 Å². The van der Waals surface area contributed by atoms with Crippen LogP contribution in [0.3, 0.4) is 0 Å². The van der Waals surface area contributed by atoms with Crippen molar-refractivity contribution in [3.8, 4) is 0 Å². The molecule has 1 fully saturated rings. The Morgan fingerprint density at radius 1 is 0.889 bits per heavy atom. The standard InChI is InChI=1S/C6H12.C2H6Si/c1-2-4-6-5-3-1;1-2-3/h1-6H2;2H,1H2,3H3. The zero-order chi connectivity index (χ0) is 6.95. The molecule has 0 aromatic carbocycles. The lowest BCUT2D eigenvalue weighted by Gasteiger charge is -2.05. The molecule has 0 atom stereocenters. The van der Waals surface area contributed by atoms with Crippen molar-refractivity contribution < 1.29 is 0 Å². The Morgan fingerprint density at radius 3 is 1.11 bits per heavy atom. The number of hydrogen-bond acceptors (Lipinski definition) is 0. The van der Waals surface area contributed by atoms with Crippen molar-refractivity contribution in [3.63, 3.8) is 0 Å². The minimum Gasteiger partial charge on any atom is -0.112 e. The molecule has 0 radical (unpaired) electrons. The van der Waals surface area contributed by atoms with Crippen LogP contribution in [0.1, 0.15) is 38.5 Å². The fourth-order valence-corrected chi connectivity index (χ4v) is 1.06. The van der Waals surface area contributed by atoms with E-state index in [4.69, 9.17) is 0 Å². The molecule has 9 heavy (non-hydrogen) atoms. The molecular weight excluding hydrogens is 124 g/mol. The van der Waals surface area contributed by atoms with Gasteiger partial charge in [0.25, 0.3) is 0 Å². The first-order valence-corrected chi connectivity index (χ1v) is 5.14. The molecule has 1 rings (SSSR count). The van der Waals surface area contributed by atoms with Crippen molar-refractivity contribution in [2.45, 2.75) is 38.5 Å². The van der Waals surface area contributed by atoms with E-state index in [1.54, 1.807) is 0 Å². The summed E-state index contributed by atoms with van der Waals surface area (Å²) in [6, 6.07) is 0. The average Bonchev–Trinajstić information content (AvgIpc) is 1.93. The minimum atomic E-state index is 1.13. The average molecular weight is 142 g/mol. The molecule has 0 unspecified atom stereocenters. The molecule has 1 saturated carbocycles. The lowest BCUT2D eigenvalue weighted by Crippen LogP contribution is -1.85. The van der Waals surface area contributed by atoms with Crippen molar-refractivity contribution in [1.82, 2.24) is 0 Å². The molecule has 1 aliphatic carbocycles. The molecule has 54 valence electrons. The fraction of sp³-hybridized carbons (Fsp3) is 0.750. The van der Waals surface area contributed by atoms with Crippen LogP contribution in [0.2, 0.25) is 0 Å². The Morgan fingerprint density at radius 2 is 1.00 bits per heavy atom. The van der Waals surface area contributed by atoms with Gasteiger partial charge in [-0.2, -0.15) is 0 Å². The molecule has 1 heteroatoms. The van der Waals surface area contributed by atoms with E-state index in [1.807, 2.05) is 5.70 Å². The van der Waals surface area contributed by atoms with Crippen molar-refractivity contribution in [2.75, 3.05) is 0 Å². The van der Waals surface area contributed by atoms with Crippen LogP contribution < -0.4 is 0 Å². The summed E-state index contributed by atoms with van der Waals surface area (Å²) >= 11 is 0. The predicted molar refractivity (Wildman–Crippen MR) is 47.8 cm³/mol. The Labute approximate surface area is 61.8 Å². The summed E-state index contributed by atoms with van der Waals surface area (Å²) in [5.41, 5.74) is 1.89. The number of hydrogen-bond donors (Lipinski definition) is 0. The Hall–Kier alpha value is -0.0431. The van der Waals surface area contributed by atoms with Gasteiger partial charge in [0, 0.05) is 10.2 Å². The minimum absolute atomic E-state index is 1.13. The molecule has 0 aliphatic heterocycles. The maximum atomic E-state index is 3.42. The van der Waals surface area contributed by atoms with E-state index in [9.17, 15) is 0 Å². The molecule has 0 heterocycles. The molecule has 0 aromatic rings. The van der Waals surface area contributed by atoms with Gasteiger partial charge in [-0.1, -0.05) is 38.5 Å². The Kier molecular flexibility index (Phi) is 7.92. The molecular formula is C8H18Si. The third-order valence-electron chi connectivity index (χ3n) is 1.50. The lowest BCUT2D eigenvalue weighted by molar-refractivity contribution is 0.504. The molecule has 0 saturated heterocycles. The van der Waals surface area contributed by atoms with Crippen molar-refractivity contribution in [2.24, 2.45) is 0 Å². The van der Waals surface area contributed by atoms with E-state index in [-0.39, 0.29) is 0 Å². The third-order valence-corrected chi connectivity index (χ3v) is 1.50. The quantitative estimate of drug-likeness (QED) is 0.453. The van der Waals surface area contributed by atoms with Crippen LogP contribution in [-0.4, -0.2) is 10.2 Å². The van der Waals surface area contributed by atoms with Crippen molar-refractivity contribution in [3.05, 3.63) is 12.3 Å². The van der Waals surface area contributed by atoms with Crippen LogP contribution in [-0.2, 0) is 0 Å². The Bertz CT molecular complexity index is 44.1. The van der Waals surface area contributed by atoms with Crippen LogP contribution in [0, 0.1) is 0 Å². The summed E-state index contributed by atoms with van der Waals surface area (Å²) in [6.07, 6.45) is 9.00. The zero-order valence-corrected chi connectivity index (χ0v) is 8.53. The lowest BCUT2D eigenvalue weighted by atomic mass is 10.0. The van der Waals surface area contributed by atoms with Crippen LogP contribution in [0.15, 0.2) is 12.3 Å². The van der Waals surface area contributed by atoms with Gasteiger partial charge in [0.2, 0.25) is 0 Å². The van der Waals surface area contributed by atoms with E-state index in [2.05, 4.69) is 6.58 Å². The van der Waals surface area contributed by atoms with E-state index in [0.29, 0.717) is 0 Å². The SMILES string of the molecule is C1CCCCC1.C=C[SiH3]. The smallest absolute Gasteiger partial charge is 0.0283 e. The first kappa shape index (κ1) is 8.96. The van der Waals surface area contributed by atoms with Crippen LogP contribution in [0.4, 0.5) is 0 Å². The highest BCUT2D eigenvalue weighted by Crippen LogP contribution is 2.15. The summed E-state index contributed by atoms with van der Waals surface area (Å²) in [4.78, 5) is 0. The summed E-state index contributed by atoms with van der Waals surface area (Å²) in [5.74, 6) is 0. The van der Waals surface area contributed by atoms with E-state index in [0.717, 1.165) is 10.2 Å². The van der Waals surface area contributed by atoms with Gasteiger partial charge in [0.15, 0.2) is 0 Å². The Balaban J connectivity index is 0.000000187. The van der Waals surface area contributed by atoms with Crippen LogP contribution >= 0.6 is 0 Å². The summed E-state index contributed by atoms with van der Waals surface area (Å²) in [6.45, 7) is 3.42. The predicted octanol–water partition coefficient (Wildman–Crippen LogP) is 1.84. The van der Waals surface area contributed by atoms with E-state index < -0.39 is 0 Å². The van der Waals surface area contributed by atoms with E-state index in [1.165, 1.54) is 38.5 Å². The molecule has 1 aliphatic rings.